The van der Waals surface area contributed by atoms with Gasteiger partial charge >= 0.3 is 0 Å². The Kier molecular flexibility index (Phi) is 6.71. The SMILES string of the molecule is CCN(CCNC(=O)C(C)(C)Oc1ccc(Cl)cc1)c1ccccc1. The number of benzene rings is 2. The van der Waals surface area contributed by atoms with E-state index < -0.39 is 5.60 Å². The molecule has 0 aliphatic rings. The lowest BCUT2D eigenvalue weighted by molar-refractivity contribution is -0.134. The van der Waals surface area contributed by atoms with Gasteiger partial charge in [-0.2, -0.15) is 0 Å². The van der Waals surface area contributed by atoms with Crippen LogP contribution in [0.5, 0.6) is 5.75 Å². The van der Waals surface area contributed by atoms with E-state index >= 15 is 0 Å². The van der Waals surface area contributed by atoms with Crippen LogP contribution in [0.1, 0.15) is 20.8 Å². The van der Waals surface area contributed by atoms with E-state index in [9.17, 15) is 4.79 Å². The van der Waals surface area contributed by atoms with Crippen molar-refractivity contribution >= 4 is 23.2 Å². The maximum absolute atomic E-state index is 12.5. The highest BCUT2D eigenvalue weighted by atomic mass is 35.5. The third kappa shape index (κ3) is 5.68. The minimum atomic E-state index is -0.961. The Bertz CT molecular complexity index is 672. The van der Waals surface area contributed by atoms with Crippen molar-refractivity contribution in [2.24, 2.45) is 0 Å². The Morgan fingerprint density at radius 2 is 1.76 bits per heavy atom. The van der Waals surface area contributed by atoms with E-state index in [-0.39, 0.29) is 5.91 Å². The molecule has 0 bridgehead atoms. The number of hydrogen-bond donors (Lipinski definition) is 1. The lowest BCUT2D eigenvalue weighted by Gasteiger charge is -2.27. The van der Waals surface area contributed by atoms with Crippen molar-refractivity contribution in [2.75, 3.05) is 24.5 Å². The minimum absolute atomic E-state index is 0.147. The van der Waals surface area contributed by atoms with Crippen LogP contribution in [0.3, 0.4) is 0 Å². The predicted molar refractivity (Wildman–Crippen MR) is 103 cm³/mol. The van der Waals surface area contributed by atoms with Crippen molar-refractivity contribution < 1.29 is 9.53 Å². The number of rotatable bonds is 8. The number of carbonyl (C=O) groups excluding carboxylic acids is 1. The first-order chi connectivity index (χ1) is 11.9. The molecule has 0 atom stereocenters. The van der Waals surface area contributed by atoms with Gasteiger partial charge in [0.05, 0.1) is 0 Å². The molecule has 1 N–H and O–H groups in total. The molecule has 0 heterocycles. The van der Waals surface area contributed by atoms with Crippen LogP contribution < -0.4 is 15.0 Å². The zero-order valence-corrected chi connectivity index (χ0v) is 15.7. The quantitative estimate of drug-likeness (QED) is 0.769. The van der Waals surface area contributed by atoms with Gasteiger partial charge in [-0.3, -0.25) is 4.79 Å². The molecule has 2 rings (SSSR count). The number of nitrogens with zero attached hydrogens (tertiary/aromatic N) is 1. The molecule has 0 spiro atoms. The first-order valence-corrected chi connectivity index (χ1v) is 8.83. The van der Waals surface area contributed by atoms with Gasteiger partial charge in [0, 0.05) is 30.3 Å². The number of halogens is 1. The van der Waals surface area contributed by atoms with Gasteiger partial charge in [0.15, 0.2) is 5.60 Å². The van der Waals surface area contributed by atoms with Crippen molar-refractivity contribution in [1.29, 1.82) is 0 Å². The van der Waals surface area contributed by atoms with E-state index in [4.69, 9.17) is 16.3 Å². The third-order valence-electron chi connectivity index (χ3n) is 3.90. The topological polar surface area (TPSA) is 41.6 Å². The number of nitrogens with one attached hydrogen (secondary N) is 1. The number of amides is 1. The van der Waals surface area contributed by atoms with Gasteiger partial charge < -0.3 is 15.0 Å². The molecule has 0 radical (unpaired) electrons. The van der Waals surface area contributed by atoms with Crippen LogP contribution in [-0.4, -0.2) is 31.1 Å². The fourth-order valence-corrected chi connectivity index (χ4v) is 2.60. The average Bonchev–Trinajstić information content (AvgIpc) is 2.61. The Morgan fingerprint density at radius 3 is 2.36 bits per heavy atom. The van der Waals surface area contributed by atoms with Crippen molar-refractivity contribution in [2.45, 2.75) is 26.4 Å². The molecule has 4 nitrogen and oxygen atoms in total. The molecule has 2 aromatic rings. The third-order valence-corrected chi connectivity index (χ3v) is 4.16. The molecule has 0 fully saturated rings. The van der Waals surface area contributed by atoms with Crippen LogP contribution in [0.15, 0.2) is 54.6 Å². The second kappa shape index (κ2) is 8.77. The molecule has 0 unspecified atom stereocenters. The summed E-state index contributed by atoms with van der Waals surface area (Å²) in [6.45, 7) is 7.78. The van der Waals surface area contributed by atoms with Gasteiger partial charge in [-0.05, 0) is 57.2 Å². The molecule has 0 aliphatic carbocycles. The molecule has 1 amide bonds. The first kappa shape index (κ1) is 19.1. The van der Waals surface area contributed by atoms with E-state index in [2.05, 4.69) is 29.3 Å². The van der Waals surface area contributed by atoms with Gasteiger partial charge in [0.2, 0.25) is 0 Å². The van der Waals surface area contributed by atoms with E-state index in [1.165, 1.54) is 0 Å². The Morgan fingerprint density at radius 1 is 1.12 bits per heavy atom. The largest absolute Gasteiger partial charge is 0.478 e. The van der Waals surface area contributed by atoms with Gasteiger partial charge in [-0.15, -0.1) is 0 Å². The number of para-hydroxylation sites is 1. The lowest BCUT2D eigenvalue weighted by atomic mass is 10.1. The van der Waals surface area contributed by atoms with Gasteiger partial charge in [0.1, 0.15) is 5.75 Å². The zero-order chi connectivity index (χ0) is 18.3. The number of ether oxygens (including phenoxy) is 1. The van der Waals surface area contributed by atoms with E-state index in [0.717, 1.165) is 18.8 Å². The fourth-order valence-electron chi connectivity index (χ4n) is 2.47. The Hall–Kier alpha value is -2.20. The molecule has 134 valence electrons. The number of likely N-dealkylation sites (N-methyl/N-ethyl adjacent to an activating group) is 1. The summed E-state index contributed by atoms with van der Waals surface area (Å²) in [7, 11) is 0. The summed E-state index contributed by atoms with van der Waals surface area (Å²) in [6, 6.07) is 17.2. The molecular formula is C20H25ClN2O2. The lowest BCUT2D eigenvalue weighted by Crippen LogP contribution is -2.48. The standard InChI is InChI=1S/C20H25ClN2O2/c1-4-23(17-8-6-5-7-9-17)15-14-22-19(24)20(2,3)25-18-12-10-16(21)11-13-18/h5-13H,4,14-15H2,1-3H3,(H,22,24). The molecular weight excluding hydrogens is 336 g/mol. The van der Waals surface area contributed by atoms with Crippen LogP contribution in [-0.2, 0) is 4.79 Å². The van der Waals surface area contributed by atoms with Crippen molar-refractivity contribution in [3.63, 3.8) is 0 Å². The van der Waals surface area contributed by atoms with E-state index in [1.807, 2.05) is 18.2 Å². The maximum atomic E-state index is 12.5. The molecule has 25 heavy (non-hydrogen) atoms. The summed E-state index contributed by atoms with van der Waals surface area (Å²) >= 11 is 5.87. The van der Waals surface area contributed by atoms with Crippen LogP contribution >= 0.6 is 11.6 Å². The minimum Gasteiger partial charge on any atom is -0.478 e. The monoisotopic (exact) mass is 360 g/mol. The average molecular weight is 361 g/mol. The van der Waals surface area contributed by atoms with Gasteiger partial charge in [-0.1, -0.05) is 29.8 Å². The van der Waals surface area contributed by atoms with E-state index in [1.54, 1.807) is 38.1 Å². The van der Waals surface area contributed by atoms with E-state index in [0.29, 0.717) is 17.3 Å². The molecule has 0 aromatic heterocycles. The van der Waals surface area contributed by atoms with Crippen LogP contribution in [0, 0.1) is 0 Å². The normalized spacial score (nSPS) is 11.0. The number of hydrogen-bond acceptors (Lipinski definition) is 3. The summed E-state index contributed by atoms with van der Waals surface area (Å²) in [5.41, 5.74) is 0.188. The van der Waals surface area contributed by atoms with Gasteiger partial charge in [0.25, 0.3) is 5.91 Å². The zero-order valence-electron chi connectivity index (χ0n) is 15.0. The Balaban J connectivity index is 1.86. The highest BCUT2D eigenvalue weighted by Crippen LogP contribution is 2.21. The summed E-state index contributed by atoms with van der Waals surface area (Å²) < 4.78 is 5.80. The second-order valence-electron chi connectivity index (χ2n) is 6.24. The summed E-state index contributed by atoms with van der Waals surface area (Å²) in [6.07, 6.45) is 0. The number of anilines is 1. The van der Waals surface area contributed by atoms with Gasteiger partial charge in [-0.25, -0.2) is 0 Å². The summed E-state index contributed by atoms with van der Waals surface area (Å²) in [5, 5.41) is 3.59. The molecule has 2 aromatic carbocycles. The highest BCUT2D eigenvalue weighted by Gasteiger charge is 2.29. The molecule has 0 saturated heterocycles. The second-order valence-corrected chi connectivity index (χ2v) is 6.67. The van der Waals surface area contributed by atoms with Crippen LogP contribution in [0.4, 0.5) is 5.69 Å². The van der Waals surface area contributed by atoms with Crippen LogP contribution in [0.2, 0.25) is 5.02 Å². The maximum Gasteiger partial charge on any atom is 0.263 e. The van der Waals surface area contributed by atoms with Crippen molar-refractivity contribution in [1.82, 2.24) is 5.32 Å². The molecule has 5 heteroatoms. The molecule has 0 saturated carbocycles. The number of carbonyl (C=O) groups is 1. The fraction of sp³-hybridized carbons (Fsp3) is 0.350. The smallest absolute Gasteiger partial charge is 0.263 e. The summed E-state index contributed by atoms with van der Waals surface area (Å²) in [5.74, 6) is 0.468. The molecule has 0 aliphatic heterocycles. The van der Waals surface area contributed by atoms with Crippen molar-refractivity contribution in [3.8, 4) is 5.75 Å². The highest BCUT2D eigenvalue weighted by molar-refractivity contribution is 6.30. The predicted octanol–water partition coefficient (Wildman–Crippen LogP) is 4.14. The summed E-state index contributed by atoms with van der Waals surface area (Å²) in [4.78, 5) is 14.7. The first-order valence-electron chi connectivity index (χ1n) is 8.45. The van der Waals surface area contributed by atoms with Crippen molar-refractivity contribution in [3.05, 3.63) is 59.6 Å². The Labute approximate surface area is 154 Å². The van der Waals surface area contributed by atoms with Crippen LogP contribution in [0.25, 0.3) is 0 Å².